The van der Waals surface area contributed by atoms with Crippen LogP contribution >= 0.6 is 0 Å². The van der Waals surface area contributed by atoms with Gasteiger partial charge in [0.15, 0.2) is 0 Å². The number of hydrogen-bond donors (Lipinski definition) is 0. The quantitative estimate of drug-likeness (QED) is 0.714. The minimum absolute atomic E-state index is 0.0385. The highest BCUT2D eigenvalue weighted by Crippen LogP contribution is 2.12. The predicted molar refractivity (Wildman–Crippen MR) is 88.4 cm³/mol. The fourth-order valence-electron chi connectivity index (χ4n) is 2.74. The van der Waals surface area contributed by atoms with E-state index in [1.165, 1.54) is 13.2 Å². The molecule has 130 valence electrons. The lowest BCUT2D eigenvalue weighted by molar-refractivity contribution is 0.183. The summed E-state index contributed by atoms with van der Waals surface area (Å²) in [4.78, 5) is 2.24. The van der Waals surface area contributed by atoms with E-state index < -0.39 is 10.0 Å². The predicted octanol–water partition coefficient (Wildman–Crippen LogP) is 1.35. The van der Waals surface area contributed by atoms with Gasteiger partial charge in [0, 0.05) is 33.3 Å². The van der Waals surface area contributed by atoms with Crippen LogP contribution in [0.15, 0.2) is 24.3 Å². The highest BCUT2D eigenvalue weighted by molar-refractivity contribution is 7.89. The van der Waals surface area contributed by atoms with Crippen LogP contribution in [0.5, 0.6) is 0 Å². The zero-order chi connectivity index (χ0) is 16.7. The first-order valence-electron chi connectivity index (χ1n) is 7.95. The summed E-state index contributed by atoms with van der Waals surface area (Å²) < 4.78 is 44.1. The SMILES string of the molecule is COCCS(=O)(=O)N1CCN(CCCc2ccccc2F)CC1. The molecule has 1 fully saturated rings. The second-order valence-electron chi connectivity index (χ2n) is 5.74. The summed E-state index contributed by atoms with van der Waals surface area (Å²) in [5.41, 5.74) is 0.744. The first kappa shape index (κ1) is 18.3. The van der Waals surface area contributed by atoms with E-state index in [1.54, 1.807) is 10.4 Å². The Labute approximate surface area is 138 Å². The molecule has 1 aliphatic heterocycles. The summed E-state index contributed by atoms with van der Waals surface area (Å²) in [6.07, 6.45) is 1.58. The van der Waals surface area contributed by atoms with Gasteiger partial charge in [0.25, 0.3) is 0 Å². The van der Waals surface area contributed by atoms with Gasteiger partial charge in [0.05, 0.1) is 12.4 Å². The molecule has 23 heavy (non-hydrogen) atoms. The first-order valence-corrected chi connectivity index (χ1v) is 9.56. The van der Waals surface area contributed by atoms with Crippen molar-refractivity contribution in [1.82, 2.24) is 9.21 Å². The third-order valence-corrected chi connectivity index (χ3v) is 5.98. The third-order valence-electron chi connectivity index (χ3n) is 4.15. The molecule has 1 aromatic rings. The molecule has 0 N–H and O–H groups in total. The van der Waals surface area contributed by atoms with Gasteiger partial charge in [0.2, 0.25) is 10.0 Å². The highest BCUT2D eigenvalue weighted by Gasteiger charge is 2.26. The van der Waals surface area contributed by atoms with Crippen LogP contribution in [0.1, 0.15) is 12.0 Å². The molecule has 1 aromatic carbocycles. The van der Waals surface area contributed by atoms with Gasteiger partial charge >= 0.3 is 0 Å². The number of sulfonamides is 1. The van der Waals surface area contributed by atoms with Crippen molar-refractivity contribution in [2.24, 2.45) is 0 Å². The first-order chi connectivity index (χ1) is 11.0. The van der Waals surface area contributed by atoms with Crippen molar-refractivity contribution in [3.8, 4) is 0 Å². The maximum atomic E-state index is 13.5. The molecule has 5 nitrogen and oxygen atoms in total. The van der Waals surface area contributed by atoms with Crippen LogP contribution in [-0.2, 0) is 21.2 Å². The van der Waals surface area contributed by atoms with Gasteiger partial charge < -0.3 is 9.64 Å². The summed E-state index contributed by atoms with van der Waals surface area (Å²) in [7, 11) is -1.70. The Balaban J connectivity index is 1.72. The number of aryl methyl sites for hydroxylation is 1. The lowest BCUT2D eigenvalue weighted by Crippen LogP contribution is -2.49. The summed E-state index contributed by atoms with van der Waals surface area (Å²) in [6, 6.07) is 6.85. The molecule has 0 bridgehead atoms. The Hall–Kier alpha value is -1.02. The van der Waals surface area contributed by atoms with E-state index in [1.807, 2.05) is 12.1 Å². The molecule has 0 aromatic heterocycles. The monoisotopic (exact) mass is 344 g/mol. The molecule has 0 unspecified atom stereocenters. The van der Waals surface area contributed by atoms with Crippen molar-refractivity contribution in [3.63, 3.8) is 0 Å². The van der Waals surface area contributed by atoms with Crippen LogP contribution in [-0.4, -0.2) is 69.8 Å². The van der Waals surface area contributed by atoms with Crippen LogP contribution in [0.4, 0.5) is 4.39 Å². The van der Waals surface area contributed by atoms with Crippen LogP contribution in [0.25, 0.3) is 0 Å². The van der Waals surface area contributed by atoms with Crippen molar-refractivity contribution >= 4 is 10.0 Å². The molecule has 0 radical (unpaired) electrons. The van der Waals surface area contributed by atoms with Gasteiger partial charge in [-0.15, -0.1) is 0 Å². The standard InChI is InChI=1S/C16H25FN2O3S/c1-22-13-14-23(20,21)19-11-9-18(10-12-19)8-4-6-15-5-2-3-7-16(15)17/h2-3,5,7H,4,6,8-14H2,1H3. The summed E-state index contributed by atoms with van der Waals surface area (Å²) in [6.45, 7) is 3.58. The third kappa shape index (κ3) is 5.53. The largest absolute Gasteiger partial charge is 0.384 e. The molecule has 0 spiro atoms. The van der Waals surface area contributed by atoms with E-state index in [0.29, 0.717) is 19.5 Å². The van der Waals surface area contributed by atoms with Crippen molar-refractivity contribution < 1.29 is 17.5 Å². The Morgan fingerprint density at radius 1 is 1.17 bits per heavy atom. The normalized spacial score (nSPS) is 17.5. The lowest BCUT2D eigenvalue weighted by atomic mass is 10.1. The van der Waals surface area contributed by atoms with E-state index in [4.69, 9.17) is 4.74 Å². The number of ether oxygens (including phenoxy) is 1. The minimum Gasteiger partial charge on any atom is -0.384 e. The zero-order valence-electron chi connectivity index (χ0n) is 13.6. The molecule has 1 saturated heterocycles. The maximum Gasteiger partial charge on any atom is 0.216 e. The number of hydrogen-bond acceptors (Lipinski definition) is 4. The van der Waals surface area contributed by atoms with Gasteiger partial charge in [-0.05, 0) is 31.0 Å². The molecule has 0 atom stereocenters. The molecule has 0 saturated carbocycles. The fraction of sp³-hybridized carbons (Fsp3) is 0.625. The number of methoxy groups -OCH3 is 1. The van der Waals surface area contributed by atoms with Gasteiger partial charge in [0.1, 0.15) is 5.82 Å². The van der Waals surface area contributed by atoms with Crippen LogP contribution in [0.2, 0.25) is 0 Å². The molecular formula is C16H25FN2O3S. The van der Waals surface area contributed by atoms with Gasteiger partial charge in [-0.2, -0.15) is 4.31 Å². The lowest BCUT2D eigenvalue weighted by Gasteiger charge is -2.34. The van der Waals surface area contributed by atoms with Gasteiger partial charge in [-0.1, -0.05) is 18.2 Å². The number of nitrogens with zero attached hydrogens (tertiary/aromatic N) is 2. The van der Waals surface area contributed by atoms with E-state index in [-0.39, 0.29) is 18.2 Å². The van der Waals surface area contributed by atoms with Gasteiger partial charge in [-0.25, -0.2) is 12.8 Å². The Bertz CT molecular complexity index is 587. The van der Waals surface area contributed by atoms with E-state index >= 15 is 0 Å². The molecular weight excluding hydrogens is 319 g/mol. The minimum atomic E-state index is -3.21. The van der Waals surface area contributed by atoms with Crippen molar-refractivity contribution in [2.75, 3.05) is 52.2 Å². The second kappa shape index (κ2) is 8.73. The smallest absolute Gasteiger partial charge is 0.216 e. The van der Waals surface area contributed by atoms with Gasteiger partial charge in [-0.3, -0.25) is 0 Å². The summed E-state index contributed by atoms with van der Waals surface area (Å²) in [5, 5.41) is 0. The number of halogens is 1. The van der Waals surface area contributed by atoms with Crippen molar-refractivity contribution in [1.29, 1.82) is 0 Å². The molecule has 1 aliphatic rings. The number of rotatable bonds is 8. The Morgan fingerprint density at radius 3 is 2.52 bits per heavy atom. The molecule has 2 rings (SSSR count). The molecule has 1 heterocycles. The molecule has 0 aliphatic carbocycles. The summed E-state index contributed by atoms with van der Waals surface area (Å²) in [5.74, 6) is -0.113. The molecule has 7 heteroatoms. The number of benzene rings is 1. The van der Waals surface area contributed by atoms with Crippen LogP contribution in [0.3, 0.4) is 0 Å². The number of piperazine rings is 1. The maximum absolute atomic E-state index is 13.5. The van der Waals surface area contributed by atoms with Crippen molar-refractivity contribution in [3.05, 3.63) is 35.6 Å². The topological polar surface area (TPSA) is 49.9 Å². The average molecular weight is 344 g/mol. The fourth-order valence-corrected chi connectivity index (χ4v) is 4.10. The Morgan fingerprint density at radius 2 is 1.87 bits per heavy atom. The van der Waals surface area contributed by atoms with E-state index in [2.05, 4.69) is 4.90 Å². The highest BCUT2D eigenvalue weighted by atomic mass is 32.2. The van der Waals surface area contributed by atoms with Crippen molar-refractivity contribution in [2.45, 2.75) is 12.8 Å². The van der Waals surface area contributed by atoms with Crippen LogP contribution < -0.4 is 0 Å². The molecule has 0 amide bonds. The van der Waals surface area contributed by atoms with Crippen LogP contribution in [0, 0.1) is 5.82 Å². The second-order valence-corrected chi connectivity index (χ2v) is 7.83. The van der Waals surface area contributed by atoms with E-state index in [9.17, 15) is 12.8 Å². The Kier molecular flexibility index (Phi) is 6.95. The summed E-state index contributed by atoms with van der Waals surface area (Å²) >= 11 is 0. The zero-order valence-corrected chi connectivity index (χ0v) is 14.4. The van der Waals surface area contributed by atoms with E-state index in [0.717, 1.165) is 31.6 Å². The average Bonchev–Trinajstić information content (AvgIpc) is 2.55.